The summed E-state index contributed by atoms with van der Waals surface area (Å²) in [5, 5.41) is 9.90. The fourth-order valence-corrected chi connectivity index (χ4v) is 5.16. The van der Waals surface area contributed by atoms with E-state index in [4.69, 9.17) is 10.5 Å². The monoisotopic (exact) mass is 430 g/mol. The van der Waals surface area contributed by atoms with E-state index in [2.05, 4.69) is 16.9 Å². The van der Waals surface area contributed by atoms with Crippen molar-refractivity contribution >= 4 is 5.78 Å². The Bertz CT molecular complexity index is 1150. The van der Waals surface area contributed by atoms with Crippen molar-refractivity contribution in [1.29, 1.82) is 5.26 Å². The fraction of sp³-hybridized carbons (Fsp3) is 0.280. The summed E-state index contributed by atoms with van der Waals surface area (Å²) in [6.07, 6.45) is 0.909. The molecule has 0 saturated carbocycles. The lowest BCUT2D eigenvalue weighted by Crippen LogP contribution is -2.36. The minimum atomic E-state index is -0.495. The number of ketones is 1. The number of nitriles is 1. The molecule has 0 amide bonds. The number of hydrazine groups is 1. The standard InChI is InChI=1S/C25H23FN4O2/c26-17-8-6-15(7-9-17)24-19(13-29-30-24)22-18(12-27)25(28)32-21-11-16(10-20(31)23(21)22)14-4-2-1-3-5-14/h1-9,16,19,22,24,29-30H,10-11,13,28H2. The molecular formula is C25H23FN4O2. The zero-order chi connectivity index (χ0) is 22.2. The van der Waals surface area contributed by atoms with Gasteiger partial charge in [0.1, 0.15) is 17.6 Å². The highest BCUT2D eigenvalue weighted by Gasteiger charge is 2.47. The molecule has 0 spiro atoms. The molecule has 2 aromatic rings. The maximum atomic E-state index is 13.5. The summed E-state index contributed by atoms with van der Waals surface area (Å²) < 4.78 is 19.3. The third kappa shape index (κ3) is 3.48. The summed E-state index contributed by atoms with van der Waals surface area (Å²) in [6, 6.07) is 18.1. The number of Topliss-reactive ketones (excluding diaryl/α,β-unsaturated/α-hetero) is 1. The van der Waals surface area contributed by atoms with Crippen molar-refractivity contribution in [3.8, 4) is 6.07 Å². The largest absolute Gasteiger partial charge is 0.444 e. The average molecular weight is 430 g/mol. The van der Waals surface area contributed by atoms with E-state index < -0.39 is 5.92 Å². The Morgan fingerprint density at radius 2 is 1.81 bits per heavy atom. The van der Waals surface area contributed by atoms with Gasteiger partial charge in [0, 0.05) is 36.8 Å². The second kappa shape index (κ2) is 8.23. The minimum absolute atomic E-state index is 0.00672. The molecule has 3 aliphatic rings. The topological polar surface area (TPSA) is 100 Å². The molecule has 6 nitrogen and oxygen atoms in total. The van der Waals surface area contributed by atoms with Crippen LogP contribution in [0.1, 0.15) is 35.9 Å². The lowest BCUT2D eigenvalue weighted by Gasteiger charge is -2.37. The first-order chi connectivity index (χ1) is 15.6. The quantitative estimate of drug-likeness (QED) is 0.691. The predicted octanol–water partition coefficient (Wildman–Crippen LogP) is 3.33. The van der Waals surface area contributed by atoms with Crippen LogP contribution in [0.4, 0.5) is 4.39 Å². The number of benzene rings is 2. The Hall–Kier alpha value is -3.47. The molecule has 5 rings (SSSR count). The van der Waals surface area contributed by atoms with Gasteiger partial charge in [-0.1, -0.05) is 42.5 Å². The highest BCUT2D eigenvalue weighted by molar-refractivity contribution is 5.99. The first kappa shape index (κ1) is 20.4. The van der Waals surface area contributed by atoms with Gasteiger partial charge in [-0.05, 0) is 29.2 Å². The van der Waals surface area contributed by atoms with Gasteiger partial charge in [-0.25, -0.2) is 9.82 Å². The second-order valence-corrected chi connectivity index (χ2v) is 8.46. The number of ether oxygens (including phenoxy) is 1. The van der Waals surface area contributed by atoms with Gasteiger partial charge in [0.05, 0.1) is 11.6 Å². The van der Waals surface area contributed by atoms with E-state index in [9.17, 15) is 14.4 Å². The van der Waals surface area contributed by atoms with E-state index >= 15 is 0 Å². The van der Waals surface area contributed by atoms with Crippen LogP contribution in [0.15, 0.2) is 77.4 Å². The summed E-state index contributed by atoms with van der Waals surface area (Å²) in [4.78, 5) is 13.4. The number of allylic oxidation sites excluding steroid dienone is 3. The van der Waals surface area contributed by atoms with Crippen LogP contribution in [-0.2, 0) is 9.53 Å². The molecule has 4 unspecified atom stereocenters. The molecular weight excluding hydrogens is 407 g/mol. The summed E-state index contributed by atoms with van der Waals surface area (Å²) >= 11 is 0. The molecule has 1 aliphatic carbocycles. The lowest BCUT2D eigenvalue weighted by molar-refractivity contribution is -0.117. The van der Waals surface area contributed by atoms with Gasteiger partial charge in [-0.3, -0.25) is 10.2 Å². The molecule has 2 aromatic carbocycles. The molecule has 0 bridgehead atoms. The van der Waals surface area contributed by atoms with Crippen LogP contribution in [0.2, 0.25) is 0 Å². The summed E-state index contributed by atoms with van der Waals surface area (Å²) in [6.45, 7) is 0.525. The Balaban J connectivity index is 1.54. The maximum absolute atomic E-state index is 13.5. The molecule has 32 heavy (non-hydrogen) atoms. The molecule has 4 atom stereocenters. The molecule has 162 valence electrons. The van der Waals surface area contributed by atoms with Crippen LogP contribution in [0.3, 0.4) is 0 Å². The molecule has 2 heterocycles. The van der Waals surface area contributed by atoms with Gasteiger partial charge in [0.15, 0.2) is 5.78 Å². The third-order valence-corrected chi connectivity index (χ3v) is 6.66. The van der Waals surface area contributed by atoms with Crippen molar-refractivity contribution in [1.82, 2.24) is 10.9 Å². The SMILES string of the molecule is N#CC1=C(N)OC2=C(C(=O)CC(c3ccccc3)C2)C1C1CNNC1c1ccc(F)cc1. The smallest absolute Gasteiger partial charge is 0.204 e. The summed E-state index contributed by atoms with van der Waals surface area (Å²) in [5.74, 6) is -0.375. The Labute approximate surface area is 185 Å². The number of carbonyl (C=O) groups is 1. The van der Waals surface area contributed by atoms with E-state index in [0.717, 1.165) is 11.1 Å². The van der Waals surface area contributed by atoms with E-state index in [-0.39, 0.29) is 40.9 Å². The van der Waals surface area contributed by atoms with Gasteiger partial charge in [-0.15, -0.1) is 0 Å². The van der Waals surface area contributed by atoms with Crippen LogP contribution in [0, 0.1) is 29.0 Å². The summed E-state index contributed by atoms with van der Waals surface area (Å²) in [7, 11) is 0. The number of hydrogen-bond acceptors (Lipinski definition) is 6. The first-order valence-corrected chi connectivity index (χ1v) is 10.7. The lowest BCUT2D eigenvalue weighted by atomic mass is 9.69. The van der Waals surface area contributed by atoms with E-state index in [1.54, 1.807) is 12.1 Å². The molecule has 0 radical (unpaired) electrons. The highest BCUT2D eigenvalue weighted by atomic mass is 19.1. The zero-order valence-electron chi connectivity index (χ0n) is 17.3. The van der Waals surface area contributed by atoms with Crippen molar-refractivity contribution in [2.45, 2.75) is 24.8 Å². The van der Waals surface area contributed by atoms with E-state index in [1.165, 1.54) is 12.1 Å². The van der Waals surface area contributed by atoms with E-state index in [1.807, 2.05) is 30.3 Å². The number of hydrogen-bond donors (Lipinski definition) is 3. The predicted molar refractivity (Wildman–Crippen MR) is 116 cm³/mol. The zero-order valence-corrected chi connectivity index (χ0v) is 17.3. The highest BCUT2D eigenvalue weighted by Crippen LogP contribution is 2.48. The van der Waals surface area contributed by atoms with Crippen LogP contribution >= 0.6 is 0 Å². The Morgan fingerprint density at radius 1 is 1.06 bits per heavy atom. The number of nitrogens with one attached hydrogen (secondary N) is 2. The Kier molecular flexibility index (Phi) is 5.25. The van der Waals surface area contributed by atoms with Crippen molar-refractivity contribution in [3.63, 3.8) is 0 Å². The van der Waals surface area contributed by atoms with Gasteiger partial charge in [0.25, 0.3) is 0 Å². The fourth-order valence-electron chi connectivity index (χ4n) is 5.16. The van der Waals surface area contributed by atoms with E-state index in [0.29, 0.717) is 30.7 Å². The maximum Gasteiger partial charge on any atom is 0.204 e. The minimum Gasteiger partial charge on any atom is -0.444 e. The molecule has 0 aromatic heterocycles. The van der Waals surface area contributed by atoms with Gasteiger partial charge >= 0.3 is 0 Å². The van der Waals surface area contributed by atoms with Crippen molar-refractivity contribution in [2.75, 3.05) is 6.54 Å². The summed E-state index contributed by atoms with van der Waals surface area (Å²) in [5.41, 5.74) is 15.3. The molecule has 1 saturated heterocycles. The first-order valence-electron chi connectivity index (χ1n) is 10.7. The van der Waals surface area contributed by atoms with Crippen LogP contribution in [0.25, 0.3) is 0 Å². The van der Waals surface area contributed by atoms with Crippen LogP contribution in [-0.4, -0.2) is 12.3 Å². The van der Waals surface area contributed by atoms with Crippen LogP contribution < -0.4 is 16.6 Å². The molecule has 7 heteroatoms. The molecule has 4 N–H and O–H groups in total. The number of nitrogens with two attached hydrogens (primary N) is 1. The van der Waals surface area contributed by atoms with Crippen LogP contribution in [0.5, 0.6) is 0 Å². The van der Waals surface area contributed by atoms with Crippen molar-refractivity contribution < 1.29 is 13.9 Å². The van der Waals surface area contributed by atoms with Gasteiger partial charge in [0.2, 0.25) is 5.88 Å². The number of nitrogens with zero attached hydrogens (tertiary/aromatic N) is 1. The number of halogens is 1. The molecule has 1 fully saturated rings. The number of rotatable bonds is 3. The van der Waals surface area contributed by atoms with Crippen molar-refractivity contribution in [2.24, 2.45) is 17.6 Å². The number of carbonyl (C=O) groups excluding carboxylic acids is 1. The second-order valence-electron chi connectivity index (χ2n) is 8.46. The normalized spacial score (nSPS) is 27.7. The average Bonchev–Trinajstić information content (AvgIpc) is 3.28. The third-order valence-electron chi connectivity index (χ3n) is 6.66. The van der Waals surface area contributed by atoms with Gasteiger partial charge < -0.3 is 10.5 Å². The van der Waals surface area contributed by atoms with Crippen molar-refractivity contribution in [3.05, 3.63) is 94.3 Å². The Morgan fingerprint density at radius 3 is 2.53 bits per heavy atom. The molecule has 2 aliphatic heterocycles. The van der Waals surface area contributed by atoms with Gasteiger partial charge in [-0.2, -0.15) is 5.26 Å².